The van der Waals surface area contributed by atoms with Gasteiger partial charge >= 0.3 is 5.69 Å². The summed E-state index contributed by atoms with van der Waals surface area (Å²) in [4.78, 5) is 32.4. The molecule has 3 aromatic rings. The number of nitrogens with two attached hydrogens (primary N) is 1. The molecular weight excluding hydrogens is 395 g/mol. The van der Waals surface area contributed by atoms with Gasteiger partial charge in [-0.1, -0.05) is 18.5 Å². The van der Waals surface area contributed by atoms with Gasteiger partial charge < -0.3 is 19.9 Å². The van der Waals surface area contributed by atoms with E-state index in [9.17, 15) is 14.0 Å². The van der Waals surface area contributed by atoms with Crippen LogP contribution in [0, 0.1) is 5.82 Å². The number of hydrogen-bond acceptors (Lipinski definition) is 8. The van der Waals surface area contributed by atoms with Crippen LogP contribution in [-0.2, 0) is 19.7 Å². The molecule has 0 fully saturated rings. The second-order valence-electron chi connectivity index (χ2n) is 6.70. The minimum atomic E-state index is -0.591. The number of hydrogen-bond donors (Lipinski definition) is 2. The summed E-state index contributed by atoms with van der Waals surface area (Å²) < 4.78 is 24.9. The molecule has 0 aliphatic heterocycles. The highest BCUT2D eigenvalue weighted by molar-refractivity contribution is 5.61. The lowest BCUT2D eigenvalue weighted by atomic mass is 10.3. The van der Waals surface area contributed by atoms with Crippen LogP contribution in [0.5, 0.6) is 5.75 Å². The van der Waals surface area contributed by atoms with Crippen molar-refractivity contribution in [2.75, 3.05) is 17.7 Å². The van der Waals surface area contributed by atoms with Crippen LogP contribution in [0.4, 0.5) is 15.9 Å². The largest absolute Gasteiger partial charge is 0.485 e. The Hall–Kier alpha value is -3.63. The van der Waals surface area contributed by atoms with Crippen molar-refractivity contribution >= 4 is 11.5 Å². The lowest BCUT2D eigenvalue weighted by molar-refractivity contribution is 0.284. The molecule has 1 aromatic carbocycles. The second-order valence-corrected chi connectivity index (χ2v) is 6.70. The Morgan fingerprint density at radius 3 is 2.73 bits per heavy atom. The first kappa shape index (κ1) is 21.1. The Bertz CT molecular complexity index is 1110. The first-order chi connectivity index (χ1) is 14.4. The SMILES string of the molecule is CCCCn1c(N)c(N(C)Cc2nc(COc3ccc(F)cc3)no2)c(=O)[nH]c1=O. The Kier molecular flexibility index (Phi) is 6.50. The minimum Gasteiger partial charge on any atom is -0.485 e. The van der Waals surface area contributed by atoms with Crippen molar-refractivity contribution in [3.05, 3.63) is 62.6 Å². The van der Waals surface area contributed by atoms with E-state index in [1.165, 1.54) is 33.7 Å². The number of nitrogens with zero attached hydrogens (tertiary/aromatic N) is 4. The van der Waals surface area contributed by atoms with Crippen LogP contribution < -0.4 is 26.6 Å². The van der Waals surface area contributed by atoms with E-state index in [1.807, 2.05) is 6.92 Å². The van der Waals surface area contributed by atoms with Crippen molar-refractivity contribution in [3.8, 4) is 5.75 Å². The maximum absolute atomic E-state index is 12.9. The summed E-state index contributed by atoms with van der Waals surface area (Å²) in [5.41, 5.74) is 5.11. The molecule has 0 atom stereocenters. The van der Waals surface area contributed by atoms with Gasteiger partial charge in [0.25, 0.3) is 5.56 Å². The van der Waals surface area contributed by atoms with E-state index in [0.29, 0.717) is 12.3 Å². The number of nitrogens with one attached hydrogen (secondary N) is 1. The summed E-state index contributed by atoms with van der Waals surface area (Å²) in [5, 5.41) is 3.83. The first-order valence-electron chi connectivity index (χ1n) is 9.42. The summed E-state index contributed by atoms with van der Waals surface area (Å²) >= 11 is 0. The molecule has 3 N–H and O–H groups in total. The van der Waals surface area contributed by atoms with E-state index < -0.39 is 11.2 Å². The summed E-state index contributed by atoms with van der Waals surface area (Å²) in [7, 11) is 1.63. The maximum Gasteiger partial charge on any atom is 0.330 e. The van der Waals surface area contributed by atoms with Gasteiger partial charge in [-0.3, -0.25) is 14.3 Å². The lowest BCUT2D eigenvalue weighted by Crippen LogP contribution is -2.37. The van der Waals surface area contributed by atoms with Crippen LogP contribution in [0.15, 0.2) is 38.4 Å². The third-order valence-electron chi connectivity index (χ3n) is 4.40. The lowest BCUT2D eigenvalue weighted by Gasteiger charge is -2.20. The number of halogens is 1. The van der Waals surface area contributed by atoms with Crippen LogP contribution in [0.3, 0.4) is 0 Å². The van der Waals surface area contributed by atoms with E-state index in [2.05, 4.69) is 15.1 Å². The number of H-pyrrole nitrogens is 1. The zero-order chi connectivity index (χ0) is 21.7. The normalized spacial score (nSPS) is 10.9. The van der Waals surface area contributed by atoms with Crippen molar-refractivity contribution < 1.29 is 13.7 Å². The number of aromatic nitrogens is 4. The third kappa shape index (κ3) is 4.85. The first-order valence-corrected chi connectivity index (χ1v) is 9.42. The standard InChI is InChI=1S/C19H23FN6O4/c1-3-4-9-26-17(21)16(18(27)23-19(26)28)25(2)10-15-22-14(24-30-15)11-29-13-7-5-12(20)6-8-13/h5-8H,3-4,9-11,21H2,1-2H3,(H,23,27,28). The number of rotatable bonds is 9. The molecule has 30 heavy (non-hydrogen) atoms. The smallest absolute Gasteiger partial charge is 0.330 e. The average Bonchev–Trinajstić information content (AvgIpc) is 3.14. The monoisotopic (exact) mass is 418 g/mol. The van der Waals surface area contributed by atoms with Crippen molar-refractivity contribution in [1.29, 1.82) is 0 Å². The van der Waals surface area contributed by atoms with Gasteiger partial charge in [0, 0.05) is 13.6 Å². The molecule has 0 saturated heterocycles. The molecule has 0 saturated carbocycles. The molecule has 3 rings (SSSR count). The van der Waals surface area contributed by atoms with Gasteiger partial charge in [0.15, 0.2) is 6.61 Å². The second kappa shape index (κ2) is 9.25. The molecule has 0 radical (unpaired) electrons. The molecule has 2 heterocycles. The summed E-state index contributed by atoms with van der Waals surface area (Å²) in [6.07, 6.45) is 1.63. The number of unbranched alkanes of at least 4 members (excludes halogenated alkanes) is 1. The molecule has 2 aromatic heterocycles. The van der Waals surface area contributed by atoms with Crippen LogP contribution in [0.2, 0.25) is 0 Å². The number of nitrogen functional groups attached to an aromatic ring is 1. The predicted octanol–water partition coefficient (Wildman–Crippen LogP) is 1.66. The maximum atomic E-state index is 12.9. The van der Waals surface area contributed by atoms with Gasteiger partial charge in [0.1, 0.15) is 23.1 Å². The molecule has 0 aliphatic rings. The molecule has 160 valence electrons. The highest BCUT2D eigenvalue weighted by Crippen LogP contribution is 2.18. The molecule has 0 aliphatic carbocycles. The number of aromatic amines is 1. The van der Waals surface area contributed by atoms with Gasteiger partial charge in [-0.25, -0.2) is 9.18 Å². The Labute approximate surface area is 171 Å². The van der Waals surface area contributed by atoms with Crippen LogP contribution in [0.25, 0.3) is 0 Å². The molecule has 0 unspecified atom stereocenters. The van der Waals surface area contributed by atoms with E-state index >= 15 is 0 Å². The summed E-state index contributed by atoms with van der Waals surface area (Å²) in [6.45, 7) is 2.53. The van der Waals surface area contributed by atoms with Crippen LogP contribution >= 0.6 is 0 Å². The van der Waals surface area contributed by atoms with Crippen molar-refractivity contribution in [3.63, 3.8) is 0 Å². The molecule has 11 heteroatoms. The van der Waals surface area contributed by atoms with Crippen LogP contribution in [0.1, 0.15) is 31.5 Å². The minimum absolute atomic E-state index is 0.0312. The average molecular weight is 418 g/mol. The predicted molar refractivity (Wildman–Crippen MR) is 108 cm³/mol. The quantitative estimate of drug-likeness (QED) is 0.536. The molecule has 0 bridgehead atoms. The van der Waals surface area contributed by atoms with Crippen LogP contribution in [-0.4, -0.2) is 26.7 Å². The highest BCUT2D eigenvalue weighted by atomic mass is 19.1. The van der Waals surface area contributed by atoms with E-state index in [0.717, 1.165) is 12.8 Å². The van der Waals surface area contributed by atoms with Gasteiger partial charge in [-0.2, -0.15) is 4.98 Å². The zero-order valence-electron chi connectivity index (χ0n) is 16.7. The topological polar surface area (TPSA) is 132 Å². The molecule has 0 amide bonds. The highest BCUT2D eigenvalue weighted by Gasteiger charge is 2.18. The molecular formula is C19H23FN6O4. The fraction of sp³-hybridized carbons (Fsp3) is 0.368. The van der Waals surface area contributed by atoms with Gasteiger partial charge in [0.05, 0.1) is 6.54 Å². The number of ether oxygens (including phenoxy) is 1. The van der Waals surface area contributed by atoms with E-state index in [4.69, 9.17) is 15.0 Å². The fourth-order valence-electron chi connectivity index (χ4n) is 2.86. The summed E-state index contributed by atoms with van der Waals surface area (Å²) in [5.74, 6) is 0.716. The molecule has 0 spiro atoms. The zero-order valence-corrected chi connectivity index (χ0v) is 16.7. The van der Waals surface area contributed by atoms with Crippen molar-refractivity contribution in [2.24, 2.45) is 0 Å². The number of benzene rings is 1. The van der Waals surface area contributed by atoms with Gasteiger partial charge in [0.2, 0.25) is 11.7 Å². The third-order valence-corrected chi connectivity index (χ3v) is 4.40. The Morgan fingerprint density at radius 1 is 1.30 bits per heavy atom. The Morgan fingerprint density at radius 2 is 2.03 bits per heavy atom. The van der Waals surface area contributed by atoms with Gasteiger partial charge in [-0.05, 0) is 30.7 Å². The van der Waals surface area contributed by atoms with E-state index in [-0.39, 0.29) is 42.2 Å². The number of anilines is 2. The summed E-state index contributed by atoms with van der Waals surface area (Å²) in [6, 6.07) is 5.56. The Balaban J connectivity index is 1.70. The van der Waals surface area contributed by atoms with Crippen molar-refractivity contribution in [1.82, 2.24) is 19.7 Å². The fourth-order valence-corrected chi connectivity index (χ4v) is 2.86. The van der Waals surface area contributed by atoms with E-state index in [1.54, 1.807) is 7.05 Å². The van der Waals surface area contributed by atoms with Gasteiger partial charge in [-0.15, -0.1) is 0 Å². The molecule has 10 nitrogen and oxygen atoms in total. The van der Waals surface area contributed by atoms with Crippen molar-refractivity contribution in [2.45, 2.75) is 39.5 Å².